The molecular formula is C28H28ClN5. The van der Waals surface area contributed by atoms with Gasteiger partial charge in [0.05, 0.1) is 16.1 Å². The van der Waals surface area contributed by atoms with E-state index in [9.17, 15) is 0 Å². The molecule has 0 atom stereocenters. The molecular weight excluding hydrogens is 442 g/mol. The summed E-state index contributed by atoms with van der Waals surface area (Å²) in [6, 6.07) is 24.6. The number of nitrogens with one attached hydrogen (secondary N) is 1. The number of para-hydroxylation sites is 2. The summed E-state index contributed by atoms with van der Waals surface area (Å²) in [6.45, 7) is 2.60. The second-order valence-corrected chi connectivity index (χ2v) is 9.20. The number of rotatable bonds is 8. The van der Waals surface area contributed by atoms with E-state index >= 15 is 0 Å². The molecule has 0 spiro atoms. The van der Waals surface area contributed by atoms with Gasteiger partial charge in [0.2, 0.25) is 0 Å². The first kappa shape index (κ1) is 22.4. The normalized spacial score (nSPS) is 11.5. The van der Waals surface area contributed by atoms with Crippen molar-refractivity contribution in [2.24, 2.45) is 0 Å². The van der Waals surface area contributed by atoms with Crippen molar-refractivity contribution in [3.8, 4) is 11.4 Å². The molecule has 2 heterocycles. The van der Waals surface area contributed by atoms with Gasteiger partial charge in [-0.25, -0.2) is 9.97 Å². The minimum atomic E-state index is 0.702. The lowest BCUT2D eigenvalue weighted by Crippen LogP contribution is -2.16. The average molecular weight is 470 g/mol. The first-order valence-corrected chi connectivity index (χ1v) is 11.9. The lowest BCUT2D eigenvalue weighted by molar-refractivity contribution is 0.405. The number of hydrogen-bond donors (Lipinski definition) is 1. The van der Waals surface area contributed by atoms with Gasteiger partial charge < -0.3 is 14.8 Å². The Morgan fingerprint density at radius 3 is 2.47 bits per heavy atom. The lowest BCUT2D eigenvalue weighted by Gasteiger charge is -2.12. The summed E-state index contributed by atoms with van der Waals surface area (Å²) in [7, 11) is 4.18. The van der Waals surface area contributed by atoms with Crippen LogP contribution in [0, 0.1) is 0 Å². The van der Waals surface area contributed by atoms with Crippen LogP contribution in [0.25, 0.3) is 33.2 Å². The highest BCUT2D eigenvalue weighted by Gasteiger charge is 2.17. The van der Waals surface area contributed by atoms with Crippen molar-refractivity contribution in [2.45, 2.75) is 13.0 Å². The van der Waals surface area contributed by atoms with Crippen LogP contribution in [0.4, 0.5) is 5.82 Å². The molecule has 34 heavy (non-hydrogen) atoms. The van der Waals surface area contributed by atoms with Gasteiger partial charge in [-0.2, -0.15) is 0 Å². The number of nitrogens with zero attached hydrogens (tertiary/aromatic N) is 4. The first-order chi connectivity index (χ1) is 16.6. The standard InChI is InChI=1S/C28H28ClN5/c1-33(2)17-9-16-30-27-22-12-6-7-15-25(22)31-28(32-27)23-19-34(18-20-10-4-3-5-11-20)26-21(23)13-8-14-24(26)29/h3-8,10-15,19H,9,16-18H2,1-2H3,(H,30,31,32). The Morgan fingerprint density at radius 1 is 0.882 bits per heavy atom. The van der Waals surface area contributed by atoms with Crippen LogP contribution in [-0.2, 0) is 6.54 Å². The Bertz CT molecular complexity index is 1430. The second-order valence-electron chi connectivity index (χ2n) is 8.79. The number of anilines is 1. The van der Waals surface area contributed by atoms with Crippen molar-refractivity contribution < 1.29 is 0 Å². The molecule has 3 aromatic carbocycles. The molecule has 0 amide bonds. The summed E-state index contributed by atoms with van der Waals surface area (Å²) in [6.07, 6.45) is 3.16. The van der Waals surface area contributed by atoms with Crippen molar-refractivity contribution in [1.82, 2.24) is 19.4 Å². The highest BCUT2D eigenvalue weighted by atomic mass is 35.5. The molecule has 0 saturated heterocycles. The Morgan fingerprint density at radius 2 is 1.65 bits per heavy atom. The Labute approximate surface area is 205 Å². The van der Waals surface area contributed by atoms with Crippen LogP contribution < -0.4 is 5.32 Å². The maximum absolute atomic E-state index is 6.69. The third-order valence-corrected chi connectivity index (χ3v) is 6.27. The third kappa shape index (κ3) is 4.63. The molecule has 5 rings (SSSR count). The van der Waals surface area contributed by atoms with E-state index < -0.39 is 0 Å². The van der Waals surface area contributed by atoms with Crippen molar-refractivity contribution in [2.75, 3.05) is 32.5 Å². The summed E-state index contributed by atoms with van der Waals surface area (Å²) in [5.41, 5.74) is 4.12. The zero-order valence-electron chi connectivity index (χ0n) is 19.5. The lowest BCUT2D eigenvalue weighted by atomic mass is 10.1. The summed E-state index contributed by atoms with van der Waals surface area (Å²) >= 11 is 6.69. The third-order valence-electron chi connectivity index (χ3n) is 5.96. The van der Waals surface area contributed by atoms with Crippen molar-refractivity contribution in [3.63, 3.8) is 0 Å². The Balaban J connectivity index is 1.60. The Kier molecular flexibility index (Phi) is 6.48. The fourth-order valence-corrected chi connectivity index (χ4v) is 4.61. The highest BCUT2D eigenvalue weighted by molar-refractivity contribution is 6.35. The molecule has 0 unspecified atom stereocenters. The quantitative estimate of drug-likeness (QED) is 0.270. The topological polar surface area (TPSA) is 46.0 Å². The van der Waals surface area contributed by atoms with Crippen LogP contribution in [0.1, 0.15) is 12.0 Å². The largest absolute Gasteiger partial charge is 0.369 e. The maximum atomic E-state index is 6.69. The smallest absolute Gasteiger partial charge is 0.164 e. The first-order valence-electron chi connectivity index (χ1n) is 11.6. The fraction of sp³-hybridized carbons (Fsp3) is 0.214. The van der Waals surface area contributed by atoms with Gasteiger partial charge in [0.15, 0.2) is 5.82 Å². The molecule has 0 radical (unpaired) electrons. The molecule has 0 aliphatic heterocycles. The minimum Gasteiger partial charge on any atom is -0.369 e. The molecule has 6 heteroatoms. The van der Waals surface area contributed by atoms with Gasteiger partial charge in [-0.05, 0) is 50.8 Å². The maximum Gasteiger partial charge on any atom is 0.164 e. The van der Waals surface area contributed by atoms with E-state index in [1.807, 2.05) is 36.4 Å². The molecule has 5 aromatic rings. The van der Waals surface area contributed by atoms with Crippen LogP contribution in [-0.4, -0.2) is 46.6 Å². The minimum absolute atomic E-state index is 0.702. The molecule has 0 bridgehead atoms. The molecule has 5 nitrogen and oxygen atoms in total. The van der Waals surface area contributed by atoms with E-state index in [-0.39, 0.29) is 0 Å². The summed E-state index contributed by atoms with van der Waals surface area (Å²) in [5, 5.41) is 6.36. The molecule has 172 valence electrons. The number of halogens is 1. The van der Waals surface area contributed by atoms with E-state index in [0.717, 1.165) is 64.3 Å². The number of benzene rings is 3. The van der Waals surface area contributed by atoms with Crippen molar-refractivity contribution in [3.05, 3.63) is 89.6 Å². The molecule has 0 fully saturated rings. The molecule has 0 aliphatic carbocycles. The van der Waals surface area contributed by atoms with Crippen LogP contribution in [0.2, 0.25) is 5.02 Å². The van der Waals surface area contributed by atoms with Gasteiger partial charge in [-0.15, -0.1) is 0 Å². The molecule has 0 saturated carbocycles. The second kappa shape index (κ2) is 9.84. The van der Waals surface area contributed by atoms with Crippen LogP contribution in [0.3, 0.4) is 0 Å². The van der Waals surface area contributed by atoms with Crippen molar-refractivity contribution in [1.29, 1.82) is 0 Å². The predicted molar refractivity (Wildman–Crippen MR) is 143 cm³/mol. The average Bonchev–Trinajstić information content (AvgIpc) is 3.21. The number of fused-ring (bicyclic) bond motifs is 2. The highest BCUT2D eigenvalue weighted by Crippen LogP contribution is 2.35. The van der Waals surface area contributed by atoms with Gasteiger partial charge in [-0.3, -0.25) is 0 Å². The summed E-state index contributed by atoms with van der Waals surface area (Å²) in [5.74, 6) is 1.57. The van der Waals surface area contributed by atoms with Crippen molar-refractivity contribution >= 4 is 39.2 Å². The Hall–Kier alpha value is -3.41. The molecule has 2 aromatic heterocycles. The fourth-order valence-electron chi connectivity index (χ4n) is 4.33. The van der Waals surface area contributed by atoms with Crippen LogP contribution in [0.5, 0.6) is 0 Å². The zero-order valence-corrected chi connectivity index (χ0v) is 20.3. The van der Waals surface area contributed by atoms with Gasteiger partial charge in [0.25, 0.3) is 0 Å². The molecule has 1 N–H and O–H groups in total. The van der Waals surface area contributed by atoms with Crippen LogP contribution in [0.15, 0.2) is 79.0 Å². The summed E-state index contributed by atoms with van der Waals surface area (Å²) in [4.78, 5) is 12.1. The number of hydrogen-bond acceptors (Lipinski definition) is 4. The number of aromatic nitrogens is 3. The van der Waals surface area contributed by atoms with E-state index in [1.54, 1.807) is 0 Å². The van der Waals surface area contributed by atoms with E-state index in [4.69, 9.17) is 21.6 Å². The van der Waals surface area contributed by atoms with Gasteiger partial charge >= 0.3 is 0 Å². The van der Waals surface area contributed by atoms with Gasteiger partial charge in [0.1, 0.15) is 5.82 Å². The SMILES string of the molecule is CN(C)CCCNc1nc(-c2cn(Cc3ccccc3)c3c(Cl)cccc23)nc2ccccc12. The monoisotopic (exact) mass is 469 g/mol. The zero-order chi connectivity index (χ0) is 23.5. The predicted octanol–water partition coefficient (Wildman–Crippen LogP) is 6.32. The van der Waals surface area contributed by atoms with E-state index in [0.29, 0.717) is 5.82 Å². The van der Waals surface area contributed by atoms with Crippen LogP contribution >= 0.6 is 11.6 Å². The van der Waals surface area contributed by atoms with E-state index in [2.05, 4.69) is 71.5 Å². The van der Waals surface area contributed by atoms with E-state index in [1.165, 1.54) is 5.56 Å². The van der Waals surface area contributed by atoms with Gasteiger partial charge in [0, 0.05) is 35.6 Å². The summed E-state index contributed by atoms with van der Waals surface area (Å²) < 4.78 is 2.20. The van der Waals surface area contributed by atoms with Gasteiger partial charge in [-0.1, -0.05) is 66.2 Å². The molecule has 0 aliphatic rings.